The fraction of sp³-hybridized carbons (Fsp3) is 0.600. The van der Waals surface area contributed by atoms with E-state index in [1.807, 2.05) is 12.1 Å². The van der Waals surface area contributed by atoms with Crippen LogP contribution >= 0.6 is 0 Å². The van der Waals surface area contributed by atoms with Crippen molar-refractivity contribution in [2.24, 2.45) is 5.41 Å². The maximum Gasteiger partial charge on any atom is 0.508 e. The van der Waals surface area contributed by atoms with Crippen LogP contribution in [0.5, 0.6) is 0 Å². The Hall–Kier alpha value is -2.86. The minimum absolute atomic E-state index is 0.0599. The highest BCUT2D eigenvalue weighted by atomic mass is 16.7. The first-order valence-electron chi connectivity index (χ1n) is 10.0. The van der Waals surface area contributed by atoms with E-state index in [9.17, 15) is 10.1 Å². The summed E-state index contributed by atoms with van der Waals surface area (Å²) < 4.78 is 18.3. The van der Waals surface area contributed by atoms with Crippen molar-refractivity contribution in [1.29, 1.82) is 5.26 Å². The van der Waals surface area contributed by atoms with E-state index in [2.05, 4.69) is 16.2 Å². The largest absolute Gasteiger partial charge is 0.508 e. The molecule has 2 saturated carbocycles. The third kappa shape index (κ3) is 3.08. The van der Waals surface area contributed by atoms with Crippen LogP contribution in [0.15, 0.2) is 18.5 Å². The molecule has 0 bridgehead atoms. The van der Waals surface area contributed by atoms with E-state index < -0.39 is 11.8 Å². The Balaban J connectivity index is 1.19. The Kier molecular flexibility index (Phi) is 4.13. The van der Waals surface area contributed by atoms with Gasteiger partial charge in [0, 0.05) is 0 Å². The molecule has 3 heterocycles. The second-order valence-corrected chi connectivity index (χ2v) is 8.49. The van der Waals surface area contributed by atoms with Gasteiger partial charge in [-0.25, -0.2) is 14.3 Å². The molecule has 0 aromatic carbocycles. The molecule has 0 amide bonds. The molecule has 0 radical (unpaired) electrons. The molecular weight excluding hydrogens is 374 g/mol. The van der Waals surface area contributed by atoms with Crippen LogP contribution in [0, 0.1) is 16.7 Å². The number of nitrogens with zero attached hydrogens (tertiary/aromatic N) is 4. The number of hydrogen-bond donors (Lipinski definition) is 1. The fourth-order valence-electron chi connectivity index (χ4n) is 4.82. The van der Waals surface area contributed by atoms with Gasteiger partial charge in [0.1, 0.15) is 36.7 Å². The van der Waals surface area contributed by atoms with Gasteiger partial charge in [0.2, 0.25) is 0 Å². The van der Waals surface area contributed by atoms with E-state index in [0.717, 1.165) is 18.5 Å². The lowest BCUT2D eigenvalue weighted by atomic mass is 9.55. The number of nitrogen functional groups attached to an aromatic ring is 1. The summed E-state index contributed by atoms with van der Waals surface area (Å²) in [4.78, 5) is 16.0. The first kappa shape index (κ1) is 18.2. The lowest BCUT2D eigenvalue weighted by Crippen LogP contribution is -2.47. The highest BCUT2D eigenvalue weighted by molar-refractivity contribution is 5.65. The summed E-state index contributed by atoms with van der Waals surface area (Å²) in [5, 5.41) is 13.9. The van der Waals surface area contributed by atoms with Gasteiger partial charge in [-0.2, -0.15) is 10.4 Å². The Morgan fingerprint density at radius 2 is 2.21 bits per heavy atom. The van der Waals surface area contributed by atoms with Gasteiger partial charge in [-0.05, 0) is 56.1 Å². The number of anilines is 1. The molecule has 2 atom stereocenters. The number of aromatic nitrogens is 3. The van der Waals surface area contributed by atoms with Crippen LogP contribution in [-0.2, 0) is 14.2 Å². The van der Waals surface area contributed by atoms with Crippen LogP contribution < -0.4 is 5.73 Å². The van der Waals surface area contributed by atoms with Crippen LogP contribution in [0.1, 0.15) is 56.7 Å². The number of carbonyl (C=O) groups is 1. The van der Waals surface area contributed by atoms with E-state index in [0.29, 0.717) is 29.6 Å². The van der Waals surface area contributed by atoms with Crippen molar-refractivity contribution in [2.45, 2.75) is 62.8 Å². The minimum Gasteiger partial charge on any atom is -0.431 e. The third-order valence-corrected chi connectivity index (χ3v) is 6.64. The topological polar surface area (TPSA) is 125 Å². The molecule has 9 heteroatoms. The molecule has 3 aliphatic rings. The smallest absolute Gasteiger partial charge is 0.431 e. The standard InChI is InChI=1S/C20H23N5O4/c21-10-20(11-27-18(26)28-13-8-19(9-13)5-1-6-19)7-4-16(29-20)14-2-3-15-17(22)23-12-24-25(14)15/h2-3,12-13,16H,1,4-9,11H2,(H2,22,23,24)/t16?,20-/m1/s1. The van der Waals surface area contributed by atoms with E-state index >= 15 is 0 Å². The molecular formula is C20H23N5O4. The van der Waals surface area contributed by atoms with E-state index in [4.69, 9.17) is 19.9 Å². The number of ether oxygens (including phenoxy) is 3. The van der Waals surface area contributed by atoms with Crippen LogP contribution in [0.4, 0.5) is 10.6 Å². The number of fused-ring (bicyclic) bond motifs is 1. The maximum absolute atomic E-state index is 12.1. The zero-order valence-corrected chi connectivity index (χ0v) is 16.0. The molecule has 152 valence electrons. The number of nitriles is 1. The fourth-order valence-corrected chi connectivity index (χ4v) is 4.82. The first-order chi connectivity index (χ1) is 14.0. The van der Waals surface area contributed by atoms with Gasteiger partial charge in [0.05, 0.1) is 5.69 Å². The van der Waals surface area contributed by atoms with Gasteiger partial charge in [0.25, 0.3) is 0 Å². The summed E-state index contributed by atoms with van der Waals surface area (Å²) >= 11 is 0. The van der Waals surface area contributed by atoms with E-state index in [1.54, 1.807) is 4.52 Å². The second-order valence-electron chi connectivity index (χ2n) is 8.49. The van der Waals surface area contributed by atoms with Crippen LogP contribution in [-0.4, -0.2) is 39.1 Å². The normalized spacial score (nSPS) is 27.9. The van der Waals surface area contributed by atoms with Crippen molar-refractivity contribution >= 4 is 17.5 Å². The Morgan fingerprint density at radius 1 is 1.38 bits per heavy atom. The number of nitrogens with two attached hydrogens (primary N) is 1. The average Bonchev–Trinajstić information content (AvgIpc) is 3.26. The van der Waals surface area contributed by atoms with Crippen molar-refractivity contribution in [1.82, 2.24) is 14.6 Å². The average molecular weight is 397 g/mol. The zero-order valence-electron chi connectivity index (χ0n) is 16.0. The third-order valence-electron chi connectivity index (χ3n) is 6.64. The van der Waals surface area contributed by atoms with Gasteiger partial charge >= 0.3 is 6.16 Å². The van der Waals surface area contributed by atoms with Gasteiger partial charge < -0.3 is 19.9 Å². The maximum atomic E-state index is 12.1. The molecule has 1 unspecified atom stereocenters. The Morgan fingerprint density at radius 3 is 2.93 bits per heavy atom. The van der Waals surface area contributed by atoms with Crippen LogP contribution in [0.2, 0.25) is 0 Å². The molecule has 2 aliphatic carbocycles. The van der Waals surface area contributed by atoms with Crippen molar-refractivity contribution in [3.05, 3.63) is 24.2 Å². The van der Waals surface area contributed by atoms with Crippen molar-refractivity contribution in [3.63, 3.8) is 0 Å². The number of rotatable bonds is 4. The van der Waals surface area contributed by atoms with Gasteiger partial charge in [-0.1, -0.05) is 6.42 Å². The Labute approximate surface area is 167 Å². The minimum atomic E-state index is -1.19. The SMILES string of the molecule is N#C[C@@]1(COC(=O)OC2CC3(CCC3)C2)CCC(c2ccc3c(N)ncnn23)O1. The lowest BCUT2D eigenvalue weighted by Gasteiger charge is -2.53. The van der Waals surface area contributed by atoms with Crippen molar-refractivity contribution in [2.75, 3.05) is 12.3 Å². The molecule has 29 heavy (non-hydrogen) atoms. The predicted octanol–water partition coefficient (Wildman–Crippen LogP) is 2.91. The number of hydrogen-bond acceptors (Lipinski definition) is 8. The molecule has 2 N–H and O–H groups in total. The monoisotopic (exact) mass is 397 g/mol. The van der Waals surface area contributed by atoms with E-state index in [-0.39, 0.29) is 18.8 Å². The summed E-state index contributed by atoms with van der Waals surface area (Å²) in [5.74, 6) is 0.376. The second kappa shape index (κ2) is 6.59. The predicted molar refractivity (Wildman–Crippen MR) is 101 cm³/mol. The van der Waals surface area contributed by atoms with Crippen molar-refractivity contribution in [3.8, 4) is 6.07 Å². The first-order valence-corrected chi connectivity index (χ1v) is 10.0. The molecule has 1 spiro atoms. The quantitative estimate of drug-likeness (QED) is 0.781. The van der Waals surface area contributed by atoms with Gasteiger partial charge in [-0.3, -0.25) is 0 Å². The molecule has 3 fully saturated rings. The number of carbonyl (C=O) groups excluding carboxylic acids is 1. The molecule has 2 aromatic heterocycles. The summed E-state index contributed by atoms with van der Waals surface area (Å²) in [6.45, 7) is -0.156. The summed E-state index contributed by atoms with van der Waals surface area (Å²) in [5.41, 5.74) is 6.58. The molecule has 5 rings (SSSR count). The highest BCUT2D eigenvalue weighted by Crippen LogP contribution is 2.56. The van der Waals surface area contributed by atoms with Gasteiger partial charge in [-0.15, -0.1) is 0 Å². The highest BCUT2D eigenvalue weighted by Gasteiger charge is 2.50. The Bertz CT molecular complexity index is 986. The molecule has 1 saturated heterocycles. The summed E-state index contributed by atoms with van der Waals surface area (Å²) in [6, 6.07) is 5.86. The molecule has 2 aromatic rings. The van der Waals surface area contributed by atoms with Gasteiger partial charge in [0.15, 0.2) is 11.4 Å². The van der Waals surface area contributed by atoms with Crippen molar-refractivity contribution < 1.29 is 19.0 Å². The van der Waals surface area contributed by atoms with Crippen LogP contribution in [0.25, 0.3) is 5.52 Å². The summed E-state index contributed by atoms with van der Waals surface area (Å²) in [6.07, 6.45) is 6.90. The molecule has 9 nitrogen and oxygen atoms in total. The van der Waals surface area contributed by atoms with E-state index in [1.165, 1.54) is 25.6 Å². The lowest BCUT2D eigenvalue weighted by molar-refractivity contribution is -0.112. The van der Waals surface area contributed by atoms with Crippen LogP contribution in [0.3, 0.4) is 0 Å². The zero-order chi connectivity index (χ0) is 20.1. The summed E-state index contributed by atoms with van der Waals surface area (Å²) in [7, 11) is 0. The molecule has 1 aliphatic heterocycles.